The van der Waals surface area contributed by atoms with Gasteiger partial charge in [-0.1, -0.05) is 29.3 Å². The summed E-state index contributed by atoms with van der Waals surface area (Å²) in [4.78, 5) is 12.7. The number of anilines is 1. The summed E-state index contributed by atoms with van der Waals surface area (Å²) in [6.45, 7) is 6.90. The highest BCUT2D eigenvalue weighted by Crippen LogP contribution is 2.38. The van der Waals surface area contributed by atoms with E-state index in [1.807, 2.05) is 39.0 Å². The lowest BCUT2D eigenvalue weighted by molar-refractivity contribution is -0.112. The number of aryl methyl sites for hydroxylation is 3. The molecule has 0 aliphatic carbocycles. The smallest absolute Gasteiger partial charge is 0.266 e. The first-order chi connectivity index (χ1) is 13.4. The van der Waals surface area contributed by atoms with Crippen LogP contribution in [0.2, 0.25) is 5.02 Å². The number of halogens is 1. The van der Waals surface area contributed by atoms with Crippen molar-refractivity contribution >= 4 is 29.3 Å². The second-order valence-corrected chi connectivity index (χ2v) is 7.19. The van der Waals surface area contributed by atoms with E-state index in [2.05, 4.69) is 5.32 Å². The van der Waals surface area contributed by atoms with Gasteiger partial charge in [-0.2, -0.15) is 5.26 Å². The highest BCUT2D eigenvalue weighted by atomic mass is 35.5. The standard InChI is InChI=1S/C22H21ClN2O3/c1-13-7-14(2)20(15(3)8-13)25-22(26)17(12-24)9-16-10-18(23)21-19(11-16)27-5-4-6-28-21/h7-11H,4-6H2,1-3H3,(H,25,26)/b17-9+. The first kappa shape index (κ1) is 19.8. The zero-order valence-electron chi connectivity index (χ0n) is 16.1. The fraction of sp³-hybridized carbons (Fsp3) is 0.273. The summed E-state index contributed by atoms with van der Waals surface area (Å²) in [5.74, 6) is 0.533. The summed E-state index contributed by atoms with van der Waals surface area (Å²) in [6, 6.07) is 9.32. The lowest BCUT2D eigenvalue weighted by Gasteiger charge is -2.13. The van der Waals surface area contributed by atoms with E-state index in [0.29, 0.717) is 41.0 Å². The number of nitrogens with one attached hydrogen (secondary N) is 1. The number of fused-ring (bicyclic) bond motifs is 1. The van der Waals surface area contributed by atoms with Crippen molar-refractivity contribution in [3.05, 3.63) is 57.1 Å². The second-order valence-electron chi connectivity index (χ2n) is 6.78. The molecule has 1 amide bonds. The van der Waals surface area contributed by atoms with Gasteiger partial charge in [-0.25, -0.2) is 0 Å². The van der Waals surface area contributed by atoms with Crippen LogP contribution < -0.4 is 14.8 Å². The Bertz CT molecular complexity index is 983. The van der Waals surface area contributed by atoms with Gasteiger partial charge in [0.2, 0.25) is 0 Å². The molecule has 2 aromatic carbocycles. The van der Waals surface area contributed by atoms with E-state index in [9.17, 15) is 10.1 Å². The number of rotatable bonds is 3. The van der Waals surface area contributed by atoms with Crippen LogP contribution >= 0.6 is 11.6 Å². The largest absolute Gasteiger partial charge is 0.489 e. The quantitative estimate of drug-likeness (QED) is 0.587. The molecular formula is C22H21ClN2O3. The number of carbonyl (C=O) groups is 1. The summed E-state index contributed by atoms with van der Waals surface area (Å²) in [6.07, 6.45) is 2.26. The lowest BCUT2D eigenvalue weighted by Crippen LogP contribution is -2.15. The minimum Gasteiger partial charge on any atom is -0.489 e. The number of carbonyl (C=O) groups excluding carboxylic acids is 1. The summed E-state index contributed by atoms with van der Waals surface area (Å²) in [5, 5.41) is 12.7. The van der Waals surface area contributed by atoms with Gasteiger partial charge in [0.15, 0.2) is 11.5 Å². The SMILES string of the molecule is Cc1cc(C)c(NC(=O)/C(C#N)=C/c2cc(Cl)c3c(c2)OCCCO3)c(C)c1. The molecule has 0 saturated heterocycles. The Hall–Kier alpha value is -2.97. The molecule has 144 valence electrons. The Morgan fingerprint density at radius 2 is 1.82 bits per heavy atom. The molecule has 5 nitrogen and oxygen atoms in total. The molecule has 1 N–H and O–H groups in total. The molecule has 1 heterocycles. The molecule has 6 heteroatoms. The van der Waals surface area contributed by atoms with Crippen molar-refractivity contribution in [3.63, 3.8) is 0 Å². The van der Waals surface area contributed by atoms with Crippen molar-refractivity contribution in [1.82, 2.24) is 0 Å². The van der Waals surface area contributed by atoms with E-state index in [1.54, 1.807) is 12.1 Å². The molecule has 28 heavy (non-hydrogen) atoms. The minimum absolute atomic E-state index is 0.0232. The van der Waals surface area contributed by atoms with Crippen LogP contribution in [0.1, 0.15) is 28.7 Å². The number of hydrogen-bond donors (Lipinski definition) is 1. The third-order valence-corrected chi connectivity index (χ3v) is 4.70. The molecule has 3 rings (SSSR count). The van der Waals surface area contributed by atoms with Crippen LogP contribution in [0.3, 0.4) is 0 Å². The van der Waals surface area contributed by atoms with Crippen molar-refractivity contribution in [2.45, 2.75) is 27.2 Å². The Morgan fingerprint density at radius 1 is 1.14 bits per heavy atom. The number of ether oxygens (including phenoxy) is 2. The highest BCUT2D eigenvalue weighted by Gasteiger charge is 2.17. The van der Waals surface area contributed by atoms with Crippen LogP contribution in [0, 0.1) is 32.1 Å². The molecule has 0 fully saturated rings. The van der Waals surface area contributed by atoms with E-state index < -0.39 is 5.91 Å². The van der Waals surface area contributed by atoms with Crippen molar-refractivity contribution < 1.29 is 14.3 Å². The third kappa shape index (κ3) is 4.29. The first-order valence-electron chi connectivity index (χ1n) is 8.99. The maximum atomic E-state index is 12.7. The van der Waals surface area contributed by atoms with Gasteiger partial charge in [0.1, 0.15) is 11.6 Å². The summed E-state index contributed by atoms with van der Waals surface area (Å²) >= 11 is 6.29. The molecule has 0 unspecified atom stereocenters. The van der Waals surface area contributed by atoms with Gasteiger partial charge in [-0.15, -0.1) is 0 Å². The van der Waals surface area contributed by atoms with Gasteiger partial charge in [0.05, 0.1) is 18.2 Å². The molecule has 0 radical (unpaired) electrons. The van der Waals surface area contributed by atoms with Gasteiger partial charge in [-0.05, 0) is 55.7 Å². The monoisotopic (exact) mass is 396 g/mol. The van der Waals surface area contributed by atoms with Crippen LogP contribution in [0.4, 0.5) is 5.69 Å². The van der Waals surface area contributed by atoms with E-state index >= 15 is 0 Å². The number of nitrogens with zero attached hydrogens (tertiary/aromatic N) is 1. The summed E-state index contributed by atoms with van der Waals surface area (Å²) < 4.78 is 11.3. The number of amides is 1. The van der Waals surface area contributed by atoms with Crippen molar-refractivity contribution in [2.75, 3.05) is 18.5 Å². The second kappa shape index (κ2) is 8.37. The zero-order valence-corrected chi connectivity index (χ0v) is 16.8. The van der Waals surface area contributed by atoms with E-state index in [1.165, 1.54) is 6.08 Å². The maximum Gasteiger partial charge on any atom is 0.266 e. The number of hydrogen-bond acceptors (Lipinski definition) is 4. The molecule has 1 aliphatic heterocycles. The van der Waals surface area contributed by atoms with Crippen molar-refractivity contribution in [3.8, 4) is 17.6 Å². The number of nitriles is 1. The van der Waals surface area contributed by atoms with Crippen LogP contribution in [0.5, 0.6) is 11.5 Å². The average Bonchev–Trinajstić information content (AvgIpc) is 2.88. The van der Waals surface area contributed by atoms with E-state index in [0.717, 1.165) is 23.1 Å². The van der Waals surface area contributed by atoms with E-state index in [4.69, 9.17) is 21.1 Å². The van der Waals surface area contributed by atoms with Gasteiger partial charge in [0, 0.05) is 12.1 Å². The molecule has 2 aromatic rings. The molecule has 0 saturated carbocycles. The fourth-order valence-electron chi connectivity index (χ4n) is 3.21. The van der Waals surface area contributed by atoms with Gasteiger partial charge < -0.3 is 14.8 Å². The van der Waals surface area contributed by atoms with Crippen LogP contribution in [-0.4, -0.2) is 19.1 Å². The van der Waals surface area contributed by atoms with Crippen LogP contribution in [0.15, 0.2) is 29.8 Å². The molecule has 0 aromatic heterocycles. The molecule has 0 atom stereocenters. The van der Waals surface area contributed by atoms with Crippen molar-refractivity contribution in [2.24, 2.45) is 0 Å². The van der Waals surface area contributed by atoms with Crippen LogP contribution in [-0.2, 0) is 4.79 Å². The lowest BCUT2D eigenvalue weighted by atomic mass is 10.0. The van der Waals surface area contributed by atoms with Gasteiger partial charge in [-0.3, -0.25) is 4.79 Å². The number of benzene rings is 2. The van der Waals surface area contributed by atoms with Gasteiger partial charge in [0.25, 0.3) is 5.91 Å². The highest BCUT2D eigenvalue weighted by molar-refractivity contribution is 6.32. The average molecular weight is 397 g/mol. The molecular weight excluding hydrogens is 376 g/mol. The topological polar surface area (TPSA) is 71.4 Å². The molecule has 1 aliphatic rings. The predicted molar refractivity (Wildman–Crippen MR) is 110 cm³/mol. The maximum absolute atomic E-state index is 12.7. The Morgan fingerprint density at radius 3 is 2.50 bits per heavy atom. The fourth-order valence-corrected chi connectivity index (χ4v) is 3.48. The van der Waals surface area contributed by atoms with E-state index in [-0.39, 0.29) is 5.57 Å². The zero-order chi connectivity index (χ0) is 20.3. The third-order valence-electron chi connectivity index (χ3n) is 4.42. The summed E-state index contributed by atoms with van der Waals surface area (Å²) in [7, 11) is 0. The Kier molecular flexibility index (Phi) is 5.91. The first-order valence-corrected chi connectivity index (χ1v) is 9.37. The molecule has 0 bridgehead atoms. The van der Waals surface area contributed by atoms with Crippen molar-refractivity contribution in [1.29, 1.82) is 5.26 Å². The normalized spacial score (nSPS) is 13.5. The molecule has 0 spiro atoms. The van der Waals surface area contributed by atoms with Gasteiger partial charge >= 0.3 is 0 Å². The Labute approximate surface area is 169 Å². The van der Waals surface area contributed by atoms with Crippen LogP contribution in [0.25, 0.3) is 6.08 Å². The summed E-state index contributed by atoms with van der Waals surface area (Å²) in [5.41, 5.74) is 4.30. The predicted octanol–water partition coefficient (Wildman–Crippen LogP) is 4.97. The minimum atomic E-state index is -0.471. The Balaban J connectivity index is 1.90.